The molecule has 3 aromatic rings. The Bertz CT molecular complexity index is 843. The van der Waals surface area contributed by atoms with Gasteiger partial charge in [-0.3, -0.25) is 4.21 Å². The first-order valence-electron chi connectivity index (χ1n) is 7.27. The monoisotopic (exact) mass is 367 g/mol. The van der Waals surface area contributed by atoms with Crippen LogP contribution in [0.4, 0.5) is 5.82 Å². The molecule has 4 rings (SSSR count). The second-order valence-corrected chi connectivity index (χ2v) is 7.87. The minimum atomic E-state index is -1.31. The summed E-state index contributed by atoms with van der Waals surface area (Å²) in [5.74, 6) is 1.48. The highest BCUT2D eigenvalue weighted by atomic mass is 35.5. The van der Waals surface area contributed by atoms with Gasteiger partial charge in [-0.25, -0.2) is 15.0 Å². The Labute approximate surface area is 144 Å². The van der Waals surface area contributed by atoms with E-state index in [9.17, 15) is 4.21 Å². The van der Waals surface area contributed by atoms with Crippen molar-refractivity contribution >= 4 is 50.6 Å². The molecule has 0 aromatic carbocycles. The van der Waals surface area contributed by atoms with Crippen LogP contribution in [0.3, 0.4) is 0 Å². The minimum Gasteiger partial charge on any atom is -0.355 e. The van der Waals surface area contributed by atoms with Crippen LogP contribution in [-0.2, 0) is 16.6 Å². The quantitative estimate of drug-likeness (QED) is 0.767. The lowest BCUT2D eigenvalue weighted by molar-refractivity contribution is 0.676. The molecule has 1 aliphatic rings. The number of halogens is 1. The number of anilines is 1. The van der Waals surface area contributed by atoms with Crippen LogP contribution in [0, 0.1) is 0 Å². The first kappa shape index (κ1) is 15.0. The van der Waals surface area contributed by atoms with Crippen molar-refractivity contribution < 1.29 is 4.21 Å². The third-order valence-electron chi connectivity index (χ3n) is 3.76. The summed E-state index contributed by atoms with van der Waals surface area (Å²) in [6, 6.07) is 0. The van der Waals surface area contributed by atoms with Crippen LogP contribution in [0.25, 0.3) is 11.0 Å². The van der Waals surface area contributed by atoms with Gasteiger partial charge in [0, 0.05) is 23.8 Å². The van der Waals surface area contributed by atoms with Crippen LogP contribution < -0.4 is 4.90 Å². The fourth-order valence-electron chi connectivity index (χ4n) is 2.63. The number of imidazole rings is 1. The highest BCUT2D eigenvalue weighted by Gasteiger charge is 2.19. The zero-order chi connectivity index (χ0) is 15.8. The van der Waals surface area contributed by atoms with Gasteiger partial charge in [-0.05, 0) is 12.8 Å². The predicted octanol–water partition coefficient (Wildman–Crippen LogP) is 2.98. The molecule has 120 valence electrons. The molecule has 3 aromatic heterocycles. The lowest BCUT2D eigenvalue weighted by atomic mass is 10.4. The maximum atomic E-state index is 12.5. The summed E-state index contributed by atoms with van der Waals surface area (Å²) in [4.78, 5) is 18.3. The van der Waals surface area contributed by atoms with Crippen molar-refractivity contribution in [3.05, 3.63) is 27.8 Å². The van der Waals surface area contributed by atoms with Crippen LogP contribution in [0.5, 0.6) is 0 Å². The summed E-state index contributed by atoms with van der Waals surface area (Å²) in [5.41, 5.74) is 1.75. The molecule has 6 nitrogen and oxygen atoms in total. The van der Waals surface area contributed by atoms with Crippen molar-refractivity contribution in [2.75, 3.05) is 18.0 Å². The van der Waals surface area contributed by atoms with Crippen molar-refractivity contribution in [3.63, 3.8) is 0 Å². The minimum absolute atomic E-state index is 0.220. The normalized spacial score (nSPS) is 16.3. The number of fused-ring (bicyclic) bond motifs is 1. The molecule has 1 aliphatic heterocycles. The molecule has 0 spiro atoms. The Morgan fingerprint density at radius 1 is 1.30 bits per heavy atom. The molecular formula is C14H14ClN5OS2. The van der Waals surface area contributed by atoms with Gasteiger partial charge in [0.05, 0.1) is 28.3 Å². The number of hydrogen-bond donors (Lipinski definition) is 1. The number of aromatic nitrogens is 4. The third kappa shape index (κ3) is 2.98. The fourth-order valence-corrected chi connectivity index (χ4v) is 4.47. The van der Waals surface area contributed by atoms with Crippen LogP contribution in [0.2, 0.25) is 5.02 Å². The average molecular weight is 368 g/mol. The van der Waals surface area contributed by atoms with Gasteiger partial charge in [0.15, 0.2) is 11.0 Å². The van der Waals surface area contributed by atoms with E-state index in [1.165, 1.54) is 0 Å². The van der Waals surface area contributed by atoms with E-state index in [0.29, 0.717) is 16.0 Å². The van der Waals surface area contributed by atoms with E-state index in [-0.39, 0.29) is 5.75 Å². The van der Waals surface area contributed by atoms with E-state index < -0.39 is 10.8 Å². The van der Waals surface area contributed by atoms with E-state index in [1.807, 2.05) is 10.8 Å². The van der Waals surface area contributed by atoms with Crippen LogP contribution >= 0.6 is 22.9 Å². The third-order valence-corrected chi connectivity index (χ3v) is 5.90. The van der Waals surface area contributed by atoms with Crippen molar-refractivity contribution in [2.24, 2.45) is 0 Å². The molecule has 4 heterocycles. The van der Waals surface area contributed by atoms with Gasteiger partial charge in [-0.2, -0.15) is 0 Å². The Morgan fingerprint density at radius 2 is 2.13 bits per heavy atom. The molecule has 0 amide bonds. The SMILES string of the molecule is O=S(Cc1ncc(Cl)c(N2CCCC2)n1)c1nc2cscc2[nH]1. The molecular weight excluding hydrogens is 354 g/mol. The maximum absolute atomic E-state index is 12.5. The Hall–Kier alpha value is -1.51. The molecule has 0 radical (unpaired) electrons. The van der Waals surface area contributed by atoms with Gasteiger partial charge in [-0.1, -0.05) is 11.6 Å². The molecule has 0 bridgehead atoms. The number of nitrogens with zero attached hydrogens (tertiary/aromatic N) is 4. The Kier molecular flexibility index (Phi) is 4.04. The molecule has 1 saturated heterocycles. The predicted molar refractivity (Wildman–Crippen MR) is 92.6 cm³/mol. The zero-order valence-corrected chi connectivity index (χ0v) is 14.5. The zero-order valence-electron chi connectivity index (χ0n) is 12.2. The number of rotatable bonds is 4. The number of aromatic amines is 1. The Morgan fingerprint density at radius 3 is 2.91 bits per heavy atom. The molecule has 0 aliphatic carbocycles. The van der Waals surface area contributed by atoms with Crippen molar-refractivity contribution in [1.82, 2.24) is 19.9 Å². The highest BCUT2D eigenvalue weighted by molar-refractivity contribution is 7.84. The van der Waals surface area contributed by atoms with Crippen LogP contribution in [0.15, 0.2) is 22.1 Å². The molecule has 1 fully saturated rings. The van der Waals surface area contributed by atoms with E-state index >= 15 is 0 Å². The Balaban J connectivity index is 1.57. The van der Waals surface area contributed by atoms with Crippen molar-refractivity contribution in [3.8, 4) is 0 Å². The van der Waals surface area contributed by atoms with Gasteiger partial charge in [0.1, 0.15) is 16.4 Å². The second kappa shape index (κ2) is 6.18. The number of H-pyrrole nitrogens is 1. The maximum Gasteiger partial charge on any atom is 0.197 e. The van der Waals surface area contributed by atoms with Gasteiger partial charge >= 0.3 is 0 Å². The largest absolute Gasteiger partial charge is 0.355 e. The van der Waals surface area contributed by atoms with Crippen LogP contribution in [-0.4, -0.2) is 37.2 Å². The summed E-state index contributed by atoms with van der Waals surface area (Å²) in [6.45, 7) is 1.90. The topological polar surface area (TPSA) is 74.8 Å². The van der Waals surface area contributed by atoms with Gasteiger partial charge in [-0.15, -0.1) is 11.3 Å². The second-order valence-electron chi connectivity index (χ2n) is 5.35. The number of hydrogen-bond acceptors (Lipinski definition) is 6. The van der Waals surface area contributed by atoms with Gasteiger partial charge in [0.2, 0.25) is 0 Å². The summed E-state index contributed by atoms with van der Waals surface area (Å²) in [6.07, 6.45) is 3.88. The van der Waals surface area contributed by atoms with E-state index in [0.717, 1.165) is 42.8 Å². The van der Waals surface area contributed by atoms with Gasteiger partial charge in [0.25, 0.3) is 0 Å². The fraction of sp³-hybridized carbons (Fsp3) is 0.357. The summed E-state index contributed by atoms with van der Waals surface area (Å²) < 4.78 is 12.5. The van der Waals surface area contributed by atoms with E-state index in [1.54, 1.807) is 17.5 Å². The molecule has 0 saturated carbocycles. The molecule has 1 unspecified atom stereocenters. The standard InChI is InChI=1S/C14H14ClN5OS2/c15-9-5-16-12(19-13(9)20-3-1-2-4-20)8-23(21)14-17-10-6-22-7-11(10)18-14/h5-7H,1-4,8H2,(H,17,18). The van der Waals surface area contributed by atoms with E-state index in [4.69, 9.17) is 11.6 Å². The summed E-state index contributed by atoms with van der Waals surface area (Å²) in [5, 5.41) is 4.88. The first-order valence-corrected chi connectivity index (χ1v) is 9.91. The lowest BCUT2D eigenvalue weighted by Crippen LogP contribution is -2.20. The molecule has 1 atom stereocenters. The lowest BCUT2D eigenvalue weighted by Gasteiger charge is -2.17. The summed E-state index contributed by atoms with van der Waals surface area (Å²) >= 11 is 7.77. The smallest absolute Gasteiger partial charge is 0.197 e. The highest BCUT2D eigenvalue weighted by Crippen LogP contribution is 2.26. The van der Waals surface area contributed by atoms with Crippen molar-refractivity contribution in [1.29, 1.82) is 0 Å². The van der Waals surface area contributed by atoms with Gasteiger partial charge < -0.3 is 9.88 Å². The first-order chi connectivity index (χ1) is 11.2. The number of nitrogens with one attached hydrogen (secondary N) is 1. The van der Waals surface area contributed by atoms with Crippen LogP contribution in [0.1, 0.15) is 18.7 Å². The number of thiophene rings is 1. The molecule has 9 heteroatoms. The average Bonchev–Trinajstić information content (AvgIpc) is 3.25. The van der Waals surface area contributed by atoms with Crippen molar-refractivity contribution in [2.45, 2.75) is 23.8 Å². The van der Waals surface area contributed by atoms with E-state index in [2.05, 4.69) is 24.8 Å². The molecule has 1 N–H and O–H groups in total. The molecule has 23 heavy (non-hydrogen) atoms. The summed E-state index contributed by atoms with van der Waals surface area (Å²) in [7, 11) is -1.31.